The number of halogens is 1. The van der Waals surface area contributed by atoms with Crippen molar-refractivity contribution < 1.29 is 14.3 Å². The number of aromatic carboxylic acids is 1. The molecule has 3 aromatic rings. The van der Waals surface area contributed by atoms with E-state index in [2.05, 4.69) is 0 Å². The Bertz CT molecular complexity index is 743. The number of hydrogen-bond donors (Lipinski definition) is 1. The summed E-state index contributed by atoms with van der Waals surface area (Å²) < 4.78 is 5.34. The molecule has 0 aliphatic heterocycles. The summed E-state index contributed by atoms with van der Waals surface area (Å²) in [5, 5.41) is 11.8. The lowest BCUT2D eigenvalue weighted by molar-refractivity contribution is 0.0698. The van der Waals surface area contributed by atoms with Crippen LogP contribution >= 0.6 is 11.6 Å². The van der Waals surface area contributed by atoms with E-state index in [1.165, 1.54) is 6.26 Å². The fourth-order valence-corrected chi connectivity index (χ4v) is 2.25. The van der Waals surface area contributed by atoms with Gasteiger partial charge in [-0.05, 0) is 6.07 Å². The van der Waals surface area contributed by atoms with Crippen LogP contribution in [-0.4, -0.2) is 11.1 Å². The van der Waals surface area contributed by atoms with Gasteiger partial charge in [-0.2, -0.15) is 0 Å². The molecule has 3 nitrogen and oxygen atoms in total. The Morgan fingerprint density at radius 3 is 2.59 bits per heavy atom. The summed E-state index contributed by atoms with van der Waals surface area (Å²) in [6.45, 7) is 0. The number of carboxylic acid groups (broad SMARTS) is 1. The molecule has 0 saturated heterocycles. The van der Waals surface area contributed by atoms with Gasteiger partial charge in [0.1, 0.15) is 17.4 Å². The standard InChI is InChI=1S/C13H7ClO3/c14-11-5-9-10(13(15)16)6-17-12(9)8-4-2-1-3-7(8)11/h1-6H,(H,15,16). The van der Waals surface area contributed by atoms with Crippen molar-refractivity contribution in [3.05, 3.63) is 47.2 Å². The van der Waals surface area contributed by atoms with Crippen LogP contribution in [-0.2, 0) is 0 Å². The lowest BCUT2D eigenvalue weighted by Crippen LogP contribution is -1.93. The van der Waals surface area contributed by atoms with Gasteiger partial charge in [-0.3, -0.25) is 0 Å². The number of fused-ring (bicyclic) bond motifs is 3. The van der Waals surface area contributed by atoms with Crippen LogP contribution in [0.1, 0.15) is 10.4 Å². The number of hydrogen-bond acceptors (Lipinski definition) is 2. The molecular formula is C13H7ClO3. The summed E-state index contributed by atoms with van der Waals surface area (Å²) in [6, 6.07) is 9.10. The van der Waals surface area contributed by atoms with Crippen molar-refractivity contribution in [1.29, 1.82) is 0 Å². The van der Waals surface area contributed by atoms with Crippen molar-refractivity contribution >= 4 is 39.3 Å². The third-order valence-electron chi connectivity index (χ3n) is 2.76. The van der Waals surface area contributed by atoms with Gasteiger partial charge in [0.25, 0.3) is 0 Å². The van der Waals surface area contributed by atoms with Crippen LogP contribution in [0.5, 0.6) is 0 Å². The van der Waals surface area contributed by atoms with Crippen LogP contribution < -0.4 is 0 Å². The Labute approximate surface area is 101 Å². The van der Waals surface area contributed by atoms with E-state index in [-0.39, 0.29) is 5.56 Å². The SMILES string of the molecule is O=C(O)c1coc2c1cc(Cl)c1ccccc12. The topological polar surface area (TPSA) is 50.4 Å². The monoisotopic (exact) mass is 246 g/mol. The summed E-state index contributed by atoms with van der Waals surface area (Å²) in [6.07, 6.45) is 1.25. The van der Waals surface area contributed by atoms with Crippen molar-refractivity contribution in [3.8, 4) is 0 Å². The van der Waals surface area contributed by atoms with Gasteiger partial charge >= 0.3 is 5.97 Å². The van der Waals surface area contributed by atoms with Gasteiger partial charge in [0.05, 0.1) is 0 Å². The first-order valence-electron chi connectivity index (χ1n) is 5.00. The highest BCUT2D eigenvalue weighted by molar-refractivity contribution is 6.37. The zero-order valence-electron chi connectivity index (χ0n) is 8.61. The molecule has 2 aromatic carbocycles. The van der Waals surface area contributed by atoms with Gasteiger partial charge in [0, 0.05) is 21.2 Å². The first-order chi connectivity index (χ1) is 8.18. The van der Waals surface area contributed by atoms with Crippen molar-refractivity contribution in [1.82, 2.24) is 0 Å². The minimum atomic E-state index is -1.02. The molecule has 0 radical (unpaired) electrons. The van der Waals surface area contributed by atoms with Gasteiger partial charge in [-0.1, -0.05) is 35.9 Å². The molecule has 0 atom stereocenters. The second-order valence-corrected chi connectivity index (χ2v) is 4.14. The quantitative estimate of drug-likeness (QED) is 0.708. The zero-order valence-corrected chi connectivity index (χ0v) is 9.36. The van der Waals surface area contributed by atoms with Crippen molar-refractivity contribution in [2.45, 2.75) is 0 Å². The normalized spacial score (nSPS) is 11.1. The highest BCUT2D eigenvalue weighted by Gasteiger charge is 2.16. The summed E-state index contributed by atoms with van der Waals surface area (Å²) in [5.74, 6) is -1.02. The second-order valence-electron chi connectivity index (χ2n) is 3.74. The zero-order chi connectivity index (χ0) is 12.0. The fraction of sp³-hybridized carbons (Fsp3) is 0. The Morgan fingerprint density at radius 2 is 1.88 bits per heavy atom. The lowest BCUT2D eigenvalue weighted by Gasteiger charge is -2.01. The third kappa shape index (κ3) is 1.40. The smallest absolute Gasteiger partial charge is 0.339 e. The molecule has 0 bridgehead atoms. The van der Waals surface area contributed by atoms with E-state index in [0.29, 0.717) is 16.0 Å². The van der Waals surface area contributed by atoms with E-state index in [9.17, 15) is 4.79 Å². The molecule has 1 N–H and O–H groups in total. The Hall–Kier alpha value is -2.00. The number of carbonyl (C=O) groups is 1. The molecule has 0 fully saturated rings. The maximum Gasteiger partial charge on any atom is 0.339 e. The highest BCUT2D eigenvalue weighted by Crippen LogP contribution is 2.34. The van der Waals surface area contributed by atoms with E-state index in [1.54, 1.807) is 6.07 Å². The fourth-order valence-electron chi connectivity index (χ4n) is 1.98. The van der Waals surface area contributed by atoms with Gasteiger partial charge in [-0.15, -0.1) is 0 Å². The van der Waals surface area contributed by atoms with E-state index < -0.39 is 5.97 Å². The van der Waals surface area contributed by atoms with E-state index in [0.717, 1.165) is 10.8 Å². The molecule has 4 heteroatoms. The van der Waals surface area contributed by atoms with E-state index in [1.807, 2.05) is 24.3 Å². The summed E-state index contributed by atoms with van der Waals surface area (Å²) in [7, 11) is 0. The minimum Gasteiger partial charge on any atom is -0.478 e. The molecule has 0 amide bonds. The summed E-state index contributed by atoms with van der Waals surface area (Å²) >= 11 is 6.13. The molecule has 0 unspecified atom stereocenters. The van der Waals surface area contributed by atoms with Crippen LogP contribution in [0, 0.1) is 0 Å². The van der Waals surface area contributed by atoms with Gasteiger partial charge in [0.2, 0.25) is 0 Å². The summed E-state index contributed by atoms with van der Waals surface area (Å²) in [5.41, 5.74) is 0.690. The number of rotatable bonds is 1. The molecule has 1 heterocycles. The Kier molecular flexibility index (Phi) is 2.09. The average Bonchev–Trinajstić information content (AvgIpc) is 2.73. The molecule has 1 aromatic heterocycles. The lowest BCUT2D eigenvalue weighted by atomic mass is 10.1. The van der Waals surface area contributed by atoms with Crippen molar-refractivity contribution in [2.24, 2.45) is 0 Å². The molecule has 0 aliphatic carbocycles. The second kappa shape index (κ2) is 3.50. The number of furan rings is 1. The minimum absolute atomic E-state index is 0.132. The largest absolute Gasteiger partial charge is 0.478 e. The predicted octanol–water partition coefficient (Wildman–Crippen LogP) is 3.94. The first kappa shape index (κ1) is 10.2. The molecule has 0 spiro atoms. The summed E-state index contributed by atoms with van der Waals surface area (Å²) in [4.78, 5) is 11.0. The van der Waals surface area contributed by atoms with Crippen LogP contribution in [0.2, 0.25) is 5.02 Å². The number of carboxylic acids is 1. The molecular weight excluding hydrogens is 240 g/mol. The molecule has 0 saturated carbocycles. The van der Waals surface area contributed by atoms with Gasteiger partial charge in [0.15, 0.2) is 0 Å². The van der Waals surface area contributed by atoms with E-state index in [4.69, 9.17) is 21.1 Å². The van der Waals surface area contributed by atoms with E-state index >= 15 is 0 Å². The van der Waals surface area contributed by atoms with Crippen molar-refractivity contribution in [3.63, 3.8) is 0 Å². The maximum atomic E-state index is 11.0. The molecule has 0 aliphatic rings. The Balaban J connectivity index is 2.54. The van der Waals surface area contributed by atoms with Crippen LogP contribution in [0.15, 0.2) is 41.0 Å². The number of benzene rings is 2. The van der Waals surface area contributed by atoms with Crippen LogP contribution in [0.4, 0.5) is 0 Å². The molecule has 84 valence electrons. The predicted molar refractivity (Wildman–Crippen MR) is 65.7 cm³/mol. The van der Waals surface area contributed by atoms with Crippen molar-refractivity contribution in [2.75, 3.05) is 0 Å². The maximum absolute atomic E-state index is 11.0. The molecule has 3 rings (SSSR count). The van der Waals surface area contributed by atoms with Crippen LogP contribution in [0.25, 0.3) is 21.7 Å². The first-order valence-corrected chi connectivity index (χ1v) is 5.38. The molecule has 17 heavy (non-hydrogen) atoms. The third-order valence-corrected chi connectivity index (χ3v) is 3.07. The Morgan fingerprint density at radius 1 is 1.18 bits per heavy atom. The highest BCUT2D eigenvalue weighted by atomic mass is 35.5. The average molecular weight is 247 g/mol. The van der Waals surface area contributed by atoms with Gasteiger partial charge in [-0.25, -0.2) is 4.79 Å². The van der Waals surface area contributed by atoms with Gasteiger partial charge < -0.3 is 9.52 Å². The van der Waals surface area contributed by atoms with Crippen LogP contribution in [0.3, 0.4) is 0 Å².